The molecule has 282 valence electrons. The van der Waals surface area contributed by atoms with Gasteiger partial charge in [-0.05, 0) is 106 Å². The standard InChI is InChI=1S/C40H54N4O7S/c1-26-10-13-33-29(21-26)8-6-18-40(33)24-44-22-30-11-12-32(30)35(48-4)9-5-7-27(2)28(3)52(47,42-37(45)23-50-31-16-19-49-20-17-31)43-39(46)34-14-15-36(51-25-40)38(44)41-34/h5,9-10,13-15,21,27-28,30-32,35H,6-8,11-12,16-20,22-25H2,1-4H3,(H,42,43,45,46,47)/b9-5+. The van der Waals surface area contributed by atoms with Crippen LogP contribution < -0.4 is 14.4 Å². The first-order valence-electron chi connectivity index (χ1n) is 19.1. The number of carbonyl (C=O) groups is 2. The molecule has 5 aliphatic rings. The third-order valence-corrected chi connectivity index (χ3v) is 14.6. The van der Waals surface area contributed by atoms with Gasteiger partial charge in [-0.15, -0.1) is 4.36 Å². The highest BCUT2D eigenvalue weighted by molar-refractivity contribution is 7.93. The number of aromatic nitrogens is 1. The second-order valence-electron chi connectivity index (χ2n) is 15.6. The molecule has 1 saturated heterocycles. The first-order chi connectivity index (χ1) is 25.1. The molecule has 2 aromatic rings. The van der Waals surface area contributed by atoms with Crippen LogP contribution in [0, 0.1) is 24.7 Å². The van der Waals surface area contributed by atoms with Crippen molar-refractivity contribution in [2.75, 3.05) is 51.5 Å². The Morgan fingerprint density at radius 2 is 1.96 bits per heavy atom. The van der Waals surface area contributed by atoms with Gasteiger partial charge in [-0.1, -0.05) is 42.8 Å². The van der Waals surface area contributed by atoms with Crippen LogP contribution in [0.15, 0.2) is 46.8 Å². The average Bonchev–Trinajstić information content (AvgIpc) is 3.28. The van der Waals surface area contributed by atoms with E-state index in [-0.39, 0.29) is 35.8 Å². The van der Waals surface area contributed by atoms with Gasteiger partial charge in [0.15, 0.2) is 11.6 Å². The van der Waals surface area contributed by atoms with E-state index in [0.717, 1.165) is 38.6 Å². The van der Waals surface area contributed by atoms with E-state index in [1.165, 1.54) is 16.7 Å². The van der Waals surface area contributed by atoms with Gasteiger partial charge < -0.3 is 23.8 Å². The fraction of sp³-hybridized carbons (Fsp3) is 0.625. The molecule has 2 amide bonds. The van der Waals surface area contributed by atoms with Crippen molar-refractivity contribution < 1.29 is 32.7 Å². The van der Waals surface area contributed by atoms with E-state index in [0.29, 0.717) is 69.0 Å². The SMILES string of the molecule is COC1/C=C/CC(C)C(C)S(=O)(NC(=O)COC2CCOCC2)=NC(=O)c2ccc3c(n2)N(CC2CCC21)CC1(CCCc2cc(C)ccc21)CO3. The highest BCUT2D eigenvalue weighted by atomic mass is 32.2. The van der Waals surface area contributed by atoms with Crippen LogP contribution in [0.3, 0.4) is 0 Å². The molecule has 1 saturated carbocycles. The van der Waals surface area contributed by atoms with Crippen LogP contribution in [0.1, 0.15) is 86.0 Å². The van der Waals surface area contributed by atoms with E-state index in [1.807, 2.05) is 6.92 Å². The van der Waals surface area contributed by atoms with Crippen LogP contribution in [0.2, 0.25) is 0 Å². The summed E-state index contributed by atoms with van der Waals surface area (Å²) in [4.78, 5) is 34.6. The van der Waals surface area contributed by atoms with Crippen LogP contribution >= 0.6 is 0 Å². The van der Waals surface area contributed by atoms with Gasteiger partial charge in [-0.3, -0.25) is 14.3 Å². The van der Waals surface area contributed by atoms with Gasteiger partial charge in [0, 0.05) is 38.8 Å². The number of benzene rings is 1. The number of hydrogen-bond donors (Lipinski definition) is 1. The van der Waals surface area contributed by atoms with Gasteiger partial charge in [-0.2, -0.15) is 0 Å². The van der Waals surface area contributed by atoms with Crippen molar-refractivity contribution in [3.05, 3.63) is 64.9 Å². The summed E-state index contributed by atoms with van der Waals surface area (Å²) in [5.41, 5.74) is 3.79. The highest BCUT2D eigenvalue weighted by Crippen LogP contribution is 2.46. The molecule has 1 aromatic heterocycles. The molecule has 2 aliphatic carbocycles. The molecule has 2 fully saturated rings. The predicted molar refractivity (Wildman–Crippen MR) is 200 cm³/mol. The number of methoxy groups -OCH3 is 1. The van der Waals surface area contributed by atoms with Crippen LogP contribution in [-0.4, -0.2) is 85.1 Å². The lowest BCUT2D eigenvalue weighted by atomic mass is 9.68. The van der Waals surface area contributed by atoms with Gasteiger partial charge in [0.2, 0.25) is 0 Å². The van der Waals surface area contributed by atoms with Crippen molar-refractivity contribution in [3.8, 4) is 5.75 Å². The zero-order valence-corrected chi connectivity index (χ0v) is 31.8. The topological polar surface area (TPSA) is 129 Å². The van der Waals surface area contributed by atoms with E-state index in [9.17, 15) is 13.8 Å². The summed E-state index contributed by atoms with van der Waals surface area (Å²) in [7, 11) is -1.84. The molecule has 7 atom stereocenters. The predicted octanol–water partition coefficient (Wildman–Crippen LogP) is 5.72. The molecule has 2 bridgehead atoms. The summed E-state index contributed by atoms with van der Waals surface area (Å²) in [5, 5.41) is -0.658. The maximum absolute atomic E-state index is 14.7. The first-order valence-corrected chi connectivity index (χ1v) is 20.6. The minimum atomic E-state index is -3.60. The average molecular weight is 735 g/mol. The number of rotatable bonds is 5. The molecule has 3 aliphatic heterocycles. The van der Waals surface area contributed by atoms with Crippen molar-refractivity contribution in [1.82, 2.24) is 9.71 Å². The van der Waals surface area contributed by atoms with E-state index < -0.39 is 27.0 Å². The molecule has 52 heavy (non-hydrogen) atoms. The van der Waals surface area contributed by atoms with Crippen molar-refractivity contribution in [2.24, 2.45) is 22.1 Å². The Hall–Kier alpha value is -3.32. The fourth-order valence-electron chi connectivity index (χ4n) is 8.72. The number of nitrogens with zero attached hydrogens (tertiary/aromatic N) is 3. The maximum Gasteiger partial charge on any atom is 0.305 e. The summed E-state index contributed by atoms with van der Waals surface area (Å²) in [6.45, 7) is 8.70. The van der Waals surface area contributed by atoms with E-state index >= 15 is 0 Å². The van der Waals surface area contributed by atoms with Crippen LogP contribution in [0.25, 0.3) is 0 Å². The molecule has 1 N–H and O–H groups in total. The quantitative estimate of drug-likeness (QED) is 0.384. The zero-order valence-electron chi connectivity index (χ0n) is 31.0. The number of amides is 2. The Labute approximate surface area is 308 Å². The number of aryl methyl sites for hydroxylation is 2. The number of ether oxygens (including phenoxy) is 4. The number of anilines is 1. The summed E-state index contributed by atoms with van der Waals surface area (Å²) in [6.07, 6.45) is 11.2. The van der Waals surface area contributed by atoms with E-state index in [2.05, 4.69) is 51.3 Å². The minimum absolute atomic E-state index is 0.0650. The van der Waals surface area contributed by atoms with Crippen molar-refractivity contribution in [2.45, 2.75) is 95.0 Å². The highest BCUT2D eigenvalue weighted by Gasteiger charge is 2.45. The minimum Gasteiger partial charge on any atom is -0.489 e. The zero-order chi connectivity index (χ0) is 36.5. The van der Waals surface area contributed by atoms with Gasteiger partial charge in [0.1, 0.15) is 22.2 Å². The lowest BCUT2D eigenvalue weighted by Gasteiger charge is -2.45. The van der Waals surface area contributed by atoms with Crippen molar-refractivity contribution >= 4 is 27.5 Å². The number of carbonyl (C=O) groups excluding carboxylic acids is 2. The molecular formula is C40H54N4O7S. The number of nitrogens with one attached hydrogen (secondary N) is 1. The molecule has 4 heterocycles. The number of allylic oxidation sites excluding steroid dienone is 1. The van der Waals surface area contributed by atoms with Crippen molar-refractivity contribution in [1.29, 1.82) is 0 Å². The molecule has 1 aromatic carbocycles. The fourth-order valence-corrected chi connectivity index (χ4v) is 10.6. The first kappa shape index (κ1) is 37.0. The third-order valence-electron chi connectivity index (χ3n) is 12.2. The monoisotopic (exact) mass is 734 g/mol. The molecule has 0 radical (unpaired) electrons. The van der Waals surface area contributed by atoms with Gasteiger partial charge in [0.25, 0.3) is 5.91 Å². The van der Waals surface area contributed by atoms with Crippen LogP contribution in [-0.2, 0) is 40.8 Å². The Kier molecular flexibility index (Phi) is 11.1. The largest absolute Gasteiger partial charge is 0.489 e. The summed E-state index contributed by atoms with van der Waals surface area (Å²) in [6, 6.07) is 10.2. The second kappa shape index (κ2) is 15.6. The number of fused-ring (bicyclic) bond motifs is 4. The molecule has 12 heteroatoms. The van der Waals surface area contributed by atoms with Gasteiger partial charge in [-0.25, -0.2) is 9.19 Å². The summed E-state index contributed by atoms with van der Waals surface area (Å²) in [5.74, 6) is 0.419. The van der Waals surface area contributed by atoms with E-state index in [1.54, 1.807) is 26.2 Å². The molecule has 7 rings (SSSR count). The lowest BCUT2D eigenvalue weighted by Crippen LogP contribution is -2.49. The van der Waals surface area contributed by atoms with Crippen molar-refractivity contribution in [3.63, 3.8) is 0 Å². The number of hydrogen-bond acceptors (Lipinski definition) is 9. The second-order valence-corrected chi connectivity index (χ2v) is 17.9. The van der Waals surface area contributed by atoms with Crippen LogP contribution in [0.4, 0.5) is 5.82 Å². The Balaban J connectivity index is 1.26. The van der Waals surface area contributed by atoms with Gasteiger partial charge in [0.05, 0.1) is 24.1 Å². The molecular weight excluding hydrogens is 681 g/mol. The molecule has 7 unspecified atom stereocenters. The number of pyridine rings is 1. The normalized spacial score (nSPS) is 33.0. The van der Waals surface area contributed by atoms with E-state index in [4.69, 9.17) is 23.9 Å². The third kappa shape index (κ3) is 7.67. The summed E-state index contributed by atoms with van der Waals surface area (Å²) >= 11 is 0. The Bertz CT molecular complexity index is 1800. The molecule has 1 spiro atoms. The Morgan fingerprint density at radius 3 is 2.73 bits per heavy atom. The van der Waals surface area contributed by atoms with Gasteiger partial charge >= 0.3 is 5.91 Å². The maximum atomic E-state index is 14.7. The summed E-state index contributed by atoms with van der Waals surface area (Å²) < 4.78 is 45.6. The Morgan fingerprint density at radius 1 is 1.13 bits per heavy atom. The molecule has 11 nitrogen and oxygen atoms in total. The lowest BCUT2D eigenvalue weighted by molar-refractivity contribution is -0.128. The van der Waals surface area contributed by atoms with Crippen LogP contribution in [0.5, 0.6) is 5.75 Å². The smallest absolute Gasteiger partial charge is 0.305 e.